The van der Waals surface area contributed by atoms with Crippen LogP contribution in [0.2, 0.25) is 0 Å². The van der Waals surface area contributed by atoms with Gasteiger partial charge in [0.15, 0.2) is 0 Å². The molecule has 0 saturated heterocycles. The fourth-order valence-electron chi connectivity index (χ4n) is 1.07. The van der Waals surface area contributed by atoms with Crippen LogP contribution in [-0.4, -0.2) is 29.1 Å². The Kier molecular flexibility index (Phi) is 3.29. The molecule has 66 valence electrons. The van der Waals surface area contributed by atoms with Crippen LogP contribution in [0, 0.1) is 0 Å². The van der Waals surface area contributed by atoms with Gasteiger partial charge < -0.3 is 0 Å². The van der Waals surface area contributed by atoms with Gasteiger partial charge in [-0.3, -0.25) is 14.5 Å². The monoisotopic (exact) mass is 187 g/mol. The molecule has 0 fully saturated rings. The molecule has 0 aromatic carbocycles. The first-order valence-electron chi connectivity index (χ1n) is 3.82. The van der Waals surface area contributed by atoms with E-state index in [0.717, 1.165) is 12.8 Å². The summed E-state index contributed by atoms with van der Waals surface area (Å²) in [4.78, 5) is 23.4. The third-order valence-electron chi connectivity index (χ3n) is 1.69. The maximum absolute atomic E-state index is 11.2. The number of carbonyl (C=O) groups excluding carboxylic acids is 2. The van der Waals surface area contributed by atoms with Crippen LogP contribution in [0.4, 0.5) is 0 Å². The van der Waals surface area contributed by atoms with Crippen molar-refractivity contribution in [2.75, 3.05) is 12.4 Å². The van der Waals surface area contributed by atoms with E-state index in [-0.39, 0.29) is 17.7 Å². The van der Waals surface area contributed by atoms with E-state index < -0.39 is 0 Å². The van der Waals surface area contributed by atoms with Crippen LogP contribution < -0.4 is 0 Å². The molecule has 2 amide bonds. The molecule has 4 heteroatoms. The fourth-order valence-corrected chi connectivity index (χ4v) is 1.22. The summed E-state index contributed by atoms with van der Waals surface area (Å²) in [6.07, 6.45) is 4.88. The molecule has 0 atom stereocenters. The Morgan fingerprint density at radius 1 is 1.67 bits per heavy atom. The summed E-state index contributed by atoms with van der Waals surface area (Å²) < 4.78 is 0. The Morgan fingerprint density at radius 2 is 2.42 bits per heavy atom. The number of halogens is 1. The van der Waals surface area contributed by atoms with Gasteiger partial charge in [0.2, 0.25) is 5.91 Å². The summed E-state index contributed by atoms with van der Waals surface area (Å²) in [7, 11) is 0. The van der Waals surface area contributed by atoms with Gasteiger partial charge in [0.25, 0.3) is 5.91 Å². The summed E-state index contributed by atoms with van der Waals surface area (Å²) in [6.45, 7) is 0.484. The van der Waals surface area contributed by atoms with Crippen LogP contribution in [0.15, 0.2) is 12.2 Å². The minimum absolute atomic E-state index is 0.125. The number of imide groups is 1. The van der Waals surface area contributed by atoms with Crippen LogP contribution in [-0.2, 0) is 9.59 Å². The van der Waals surface area contributed by atoms with Crippen molar-refractivity contribution in [3.63, 3.8) is 0 Å². The second-order valence-electron chi connectivity index (χ2n) is 2.56. The lowest BCUT2D eigenvalue weighted by Crippen LogP contribution is -2.36. The van der Waals surface area contributed by atoms with Crippen molar-refractivity contribution in [1.29, 1.82) is 0 Å². The molecule has 0 bridgehead atoms. The second kappa shape index (κ2) is 4.26. The molecule has 1 heterocycles. The molecule has 0 saturated carbocycles. The Labute approximate surface area is 76.0 Å². The topological polar surface area (TPSA) is 37.4 Å². The van der Waals surface area contributed by atoms with E-state index in [1.807, 2.05) is 0 Å². The molecule has 0 N–H and O–H groups in total. The van der Waals surface area contributed by atoms with E-state index in [1.54, 1.807) is 6.08 Å². The minimum atomic E-state index is -0.312. The van der Waals surface area contributed by atoms with Crippen LogP contribution >= 0.6 is 11.6 Å². The molecular formula is C8H10ClNO2. The molecule has 0 radical (unpaired) electrons. The summed E-state index contributed by atoms with van der Waals surface area (Å²) in [5.41, 5.74) is 0. The van der Waals surface area contributed by atoms with Crippen molar-refractivity contribution in [2.24, 2.45) is 0 Å². The first-order valence-corrected chi connectivity index (χ1v) is 4.36. The summed E-state index contributed by atoms with van der Waals surface area (Å²) in [5, 5.41) is 0. The highest BCUT2D eigenvalue weighted by atomic mass is 35.5. The van der Waals surface area contributed by atoms with Crippen molar-refractivity contribution in [1.82, 2.24) is 4.90 Å². The number of hydrogen-bond acceptors (Lipinski definition) is 2. The molecule has 1 aliphatic rings. The highest BCUT2D eigenvalue weighted by Gasteiger charge is 2.18. The van der Waals surface area contributed by atoms with Crippen LogP contribution in [0.1, 0.15) is 12.8 Å². The van der Waals surface area contributed by atoms with Gasteiger partial charge in [-0.1, -0.05) is 6.08 Å². The van der Waals surface area contributed by atoms with Gasteiger partial charge in [0.1, 0.15) is 5.88 Å². The van der Waals surface area contributed by atoms with Gasteiger partial charge in [-0.2, -0.15) is 0 Å². The molecule has 0 aromatic heterocycles. The molecule has 3 nitrogen and oxygen atoms in total. The van der Waals surface area contributed by atoms with Crippen LogP contribution in [0.25, 0.3) is 0 Å². The number of carbonyl (C=O) groups is 2. The summed E-state index contributed by atoms with van der Waals surface area (Å²) >= 11 is 5.34. The molecule has 1 rings (SSSR count). The standard InChI is InChI=1S/C8H10ClNO2/c9-6-8(12)10-5-3-1-2-4-7(10)11/h2,4H,1,3,5-6H2. The van der Waals surface area contributed by atoms with E-state index >= 15 is 0 Å². The summed E-state index contributed by atoms with van der Waals surface area (Å²) in [5.74, 6) is -0.689. The zero-order valence-corrected chi connectivity index (χ0v) is 7.38. The highest BCUT2D eigenvalue weighted by molar-refractivity contribution is 6.28. The van der Waals surface area contributed by atoms with Crippen molar-refractivity contribution in [2.45, 2.75) is 12.8 Å². The minimum Gasteiger partial charge on any atom is -0.278 e. The molecule has 0 aliphatic carbocycles. The van der Waals surface area contributed by atoms with E-state index in [0.29, 0.717) is 6.54 Å². The second-order valence-corrected chi connectivity index (χ2v) is 2.83. The number of alkyl halides is 1. The molecule has 0 spiro atoms. The average molecular weight is 188 g/mol. The van der Waals surface area contributed by atoms with E-state index in [2.05, 4.69) is 0 Å². The average Bonchev–Trinajstić information content (AvgIpc) is 2.28. The maximum atomic E-state index is 11.2. The molecule has 1 aliphatic heterocycles. The SMILES string of the molecule is O=C1C=CCCCN1C(=O)CCl. The Morgan fingerprint density at radius 3 is 3.08 bits per heavy atom. The molecule has 12 heavy (non-hydrogen) atoms. The van der Waals surface area contributed by atoms with Gasteiger partial charge >= 0.3 is 0 Å². The van der Waals surface area contributed by atoms with Crippen LogP contribution in [0.3, 0.4) is 0 Å². The molecular weight excluding hydrogens is 178 g/mol. The predicted molar refractivity (Wildman–Crippen MR) is 45.8 cm³/mol. The normalized spacial score (nSPS) is 17.8. The first kappa shape index (κ1) is 9.26. The van der Waals surface area contributed by atoms with Crippen LogP contribution in [0.5, 0.6) is 0 Å². The Balaban J connectivity index is 2.68. The van der Waals surface area contributed by atoms with Crippen molar-refractivity contribution in [3.8, 4) is 0 Å². The maximum Gasteiger partial charge on any atom is 0.252 e. The third kappa shape index (κ3) is 2.08. The Hall–Kier alpha value is -0.830. The van der Waals surface area contributed by atoms with Gasteiger partial charge in [0, 0.05) is 6.54 Å². The zero-order chi connectivity index (χ0) is 8.97. The smallest absolute Gasteiger partial charge is 0.252 e. The number of allylic oxidation sites excluding steroid dienone is 1. The highest BCUT2D eigenvalue weighted by Crippen LogP contribution is 2.05. The zero-order valence-electron chi connectivity index (χ0n) is 6.62. The van der Waals surface area contributed by atoms with E-state index in [9.17, 15) is 9.59 Å². The number of amides is 2. The van der Waals surface area contributed by atoms with Crippen molar-refractivity contribution >= 4 is 23.4 Å². The number of nitrogens with zero attached hydrogens (tertiary/aromatic N) is 1. The largest absolute Gasteiger partial charge is 0.278 e. The van der Waals surface area contributed by atoms with Crippen molar-refractivity contribution in [3.05, 3.63) is 12.2 Å². The van der Waals surface area contributed by atoms with E-state index in [4.69, 9.17) is 11.6 Å². The molecule has 0 unspecified atom stereocenters. The van der Waals surface area contributed by atoms with Gasteiger partial charge in [-0.15, -0.1) is 11.6 Å². The first-order chi connectivity index (χ1) is 5.75. The number of hydrogen-bond donors (Lipinski definition) is 0. The van der Waals surface area contributed by atoms with E-state index in [1.165, 1.54) is 11.0 Å². The molecule has 0 aromatic rings. The third-order valence-corrected chi connectivity index (χ3v) is 1.92. The summed E-state index contributed by atoms with van der Waals surface area (Å²) in [6, 6.07) is 0. The lowest BCUT2D eigenvalue weighted by atomic mass is 10.3. The Bertz CT molecular complexity index is 225. The van der Waals surface area contributed by atoms with Crippen molar-refractivity contribution < 1.29 is 9.59 Å². The van der Waals surface area contributed by atoms with Gasteiger partial charge in [-0.05, 0) is 18.9 Å². The van der Waals surface area contributed by atoms with Gasteiger partial charge in [-0.25, -0.2) is 0 Å². The lowest BCUT2D eigenvalue weighted by molar-refractivity contribution is -0.140. The predicted octanol–water partition coefficient (Wildman–Crippen LogP) is 0.930. The quantitative estimate of drug-likeness (QED) is 0.573. The fraction of sp³-hybridized carbons (Fsp3) is 0.500. The van der Waals surface area contributed by atoms with Gasteiger partial charge in [0.05, 0.1) is 0 Å². The lowest BCUT2D eigenvalue weighted by Gasteiger charge is -2.15. The number of rotatable bonds is 1.